The number of anilines is 3. The predicted molar refractivity (Wildman–Crippen MR) is 235 cm³/mol. The lowest BCUT2D eigenvalue weighted by molar-refractivity contribution is 0.670. The summed E-state index contributed by atoms with van der Waals surface area (Å²) in [4.78, 5) is 2.45. The maximum Gasteiger partial charge on any atom is 0.143 e. The lowest BCUT2D eigenvalue weighted by atomic mass is 9.94. The Balaban J connectivity index is 1.14. The molecule has 11 aromatic rings. The zero-order valence-corrected chi connectivity index (χ0v) is 30.6. The van der Waals surface area contributed by atoms with E-state index in [1.165, 1.54) is 53.2 Å². The first-order valence-corrected chi connectivity index (χ1v) is 19.5. The van der Waals surface area contributed by atoms with Gasteiger partial charge < -0.3 is 9.32 Å². The molecule has 0 aliphatic rings. The quantitative estimate of drug-likeness (QED) is 0.170. The van der Waals surface area contributed by atoms with Crippen LogP contribution >= 0.6 is 11.3 Å². The molecule has 258 valence electrons. The molecule has 0 aliphatic heterocycles. The van der Waals surface area contributed by atoms with Gasteiger partial charge in [0, 0.05) is 53.3 Å². The van der Waals surface area contributed by atoms with Crippen molar-refractivity contribution in [2.75, 3.05) is 4.90 Å². The molecule has 2 aromatic heterocycles. The van der Waals surface area contributed by atoms with Crippen LogP contribution in [0.25, 0.3) is 86.3 Å². The van der Waals surface area contributed by atoms with Crippen molar-refractivity contribution in [3.63, 3.8) is 0 Å². The minimum atomic E-state index is 0.905. The van der Waals surface area contributed by atoms with Gasteiger partial charge in [0.25, 0.3) is 0 Å². The molecule has 2 nitrogen and oxygen atoms in total. The normalized spacial score (nSPS) is 11.6. The summed E-state index contributed by atoms with van der Waals surface area (Å²) in [7, 11) is 0. The van der Waals surface area contributed by atoms with E-state index in [9.17, 15) is 0 Å². The molecule has 0 saturated heterocycles. The number of para-hydroxylation sites is 4. The molecule has 3 heteroatoms. The number of thiophene rings is 1. The molecule has 0 fully saturated rings. The van der Waals surface area contributed by atoms with Gasteiger partial charge in [0.2, 0.25) is 0 Å². The van der Waals surface area contributed by atoms with Gasteiger partial charge in [0.15, 0.2) is 0 Å². The number of benzene rings is 9. The highest BCUT2D eigenvalue weighted by Gasteiger charge is 2.23. The molecule has 0 bridgehead atoms. The average molecular weight is 720 g/mol. The molecule has 9 aromatic carbocycles. The number of fused-ring (bicyclic) bond motifs is 7. The Kier molecular flexibility index (Phi) is 7.39. The first-order chi connectivity index (χ1) is 27.3. The Hall–Kier alpha value is -6.94. The lowest BCUT2D eigenvalue weighted by Crippen LogP contribution is -2.12. The van der Waals surface area contributed by atoms with Crippen molar-refractivity contribution < 1.29 is 4.42 Å². The van der Waals surface area contributed by atoms with Crippen LogP contribution in [0.15, 0.2) is 205 Å². The van der Waals surface area contributed by atoms with E-state index in [4.69, 9.17) is 4.42 Å². The summed E-state index contributed by atoms with van der Waals surface area (Å²) in [6, 6.07) is 72.2. The summed E-state index contributed by atoms with van der Waals surface area (Å²) in [5.74, 6) is 0. The highest BCUT2D eigenvalue weighted by Crippen LogP contribution is 2.49. The number of furan rings is 1. The highest BCUT2D eigenvalue weighted by molar-refractivity contribution is 7.25. The summed E-state index contributed by atoms with van der Waals surface area (Å²) < 4.78 is 9.06. The Morgan fingerprint density at radius 1 is 0.364 bits per heavy atom. The zero-order chi connectivity index (χ0) is 36.3. The van der Waals surface area contributed by atoms with E-state index in [2.05, 4.69) is 193 Å². The third-order valence-corrected chi connectivity index (χ3v) is 12.0. The third kappa shape index (κ3) is 5.16. The molecule has 0 saturated carbocycles. The Labute approximate surface area is 322 Å². The van der Waals surface area contributed by atoms with Gasteiger partial charge in [-0.05, 0) is 69.9 Å². The minimum absolute atomic E-state index is 0.905. The maximum absolute atomic E-state index is 6.47. The van der Waals surface area contributed by atoms with E-state index >= 15 is 0 Å². The van der Waals surface area contributed by atoms with E-state index in [-0.39, 0.29) is 0 Å². The first-order valence-electron chi connectivity index (χ1n) is 18.7. The molecule has 55 heavy (non-hydrogen) atoms. The van der Waals surface area contributed by atoms with Gasteiger partial charge in [-0.3, -0.25) is 0 Å². The zero-order valence-electron chi connectivity index (χ0n) is 29.8. The number of hydrogen-bond acceptors (Lipinski definition) is 3. The predicted octanol–water partition coefficient (Wildman–Crippen LogP) is 15.6. The van der Waals surface area contributed by atoms with Crippen LogP contribution in [-0.4, -0.2) is 0 Å². The summed E-state index contributed by atoms with van der Waals surface area (Å²) in [5, 5.41) is 7.31. The van der Waals surface area contributed by atoms with Crippen molar-refractivity contribution in [3.8, 4) is 33.4 Å². The highest BCUT2D eigenvalue weighted by atomic mass is 32.1. The third-order valence-electron chi connectivity index (χ3n) is 10.9. The molecule has 0 atom stereocenters. The first kappa shape index (κ1) is 31.6. The number of nitrogens with zero attached hydrogens (tertiary/aromatic N) is 1. The monoisotopic (exact) mass is 719 g/mol. The summed E-state index contributed by atoms with van der Waals surface area (Å²) in [5.41, 5.74) is 12.1. The second kappa shape index (κ2) is 12.9. The van der Waals surface area contributed by atoms with Gasteiger partial charge in [0.1, 0.15) is 11.2 Å². The van der Waals surface area contributed by atoms with Crippen molar-refractivity contribution >= 4 is 81.3 Å². The van der Waals surface area contributed by atoms with Crippen molar-refractivity contribution in [2.24, 2.45) is 0 Å². The summed E-state index contributed by atoms with van der Waals surface area (Å²) in [6.45, 7) is 0. The molecule has 0 unspecified atom stereocenters. The molecule has 0 amide bonds. The van der Waals surface area contributed by atoms with Crippen molar-refractivity contribution in [1.82, 2.24) is 0 Å². The molecular formula is C52H33NOS. The SMILES string of the molecule is c1ccc(N(c2ccc(-c3cccc4c3oc3ccccc34)cc2)c2ccccc2-c2cccc3sc4ccccc4c23)c(-c2cccc3ccccc23)c1. The van der Waals surface area contributed by atoms with Gasteiger partial charge in [0.05, 0.1) is 11.4 Å². The van der Waals surface area contributed by atoms with Gasteiger partial charge in [-0.15, -0.1) is 11.3 Å². The molecule has 0 spiro atoms. The van der Waals surface area contributed by atoms with Crippen LogP contribution in [0.2, 0.25) is 0 Å². The molecular weight excluding hydrogens is 687 g/mol. The van der Waals surface area contributed by atoms with Crippen LogP contribution in [0.5, 0.6) is 0 Å². The smallest absolute Gasteiger partial charge is 0.143 e. The molecule has 11 rings (SSSR count). The molecule has 0 aliphatic carbocycles. The van der Waals surface area contributed by atoms with Crippen LogP contribution in [0.3, 0.4) is 0 Å². The van der Waals surface area contributed by atoms with E-state index < -0.39 is 0 Å². The fourth-order valence-corrected chi connectivity index (χ4v) is 9.56. The topological polar surface area (TPSA) is 16.4 Å². The van der Waals surface area contributed by atoms with Gasteiger partial charge in [-0.25, -0.2) is 0 Å². The standard InChI is InChI=1S/C52H33NOS/c1-2-16-37-34(14-1)15-11-22-39(37)40-17-3-7-25-46(40)53(36-32-30-35(31-33-36)38-21-12-24-44-42-19-5-9-27-48(42)54-52(38)44)47-26-8-4-18-41(47)43-23-13-29-50-51(43)45-20-6-10-28-49(45)55-50/h1-33H. The minimum Gasteiger partial charge on any atom is -0.455 e. The Morgan fingerprint density at radius 2 is 0.909 bits per heavy atom. The Morgan fingerprint density at radius 3 is 1.75 bits per heavy atom. The molecule has 0 radical (unpaired) electrons. The second-order valence-electron chi connectivity index (χ2n) is 14.0. The fourth-order valence-electron chi connectivity index (χ4n) is 8.42. The number of rotatable bonds is 6. The van der Waals surface area contributed by atoms with Crippen LogP contribution in [0.4, 0.5) is 17.1 Å². The van der Waals surface area contributed by atoms with Crippen LogP contribution in [0.1, 0.15) is 0 Å². The van der Waals surface area contributed by atoms with Crippen molar-refractivity contribution in [1.29, 1.82) is 0 Å². The van der Waals surface area contributed by atoms with Gasteiger partial charge in [-0.2, -0.15) is 0 Å². The fraction of sp³-hybridized carbons (Fsp3) is 0. The van der Waals surface area contributed by atoms with E-state index in [1.54, 1.807) is 0 Å². The average Bonchev–Trinajstić information content (AvgIpc) is 3.83. The van der Waals surface area contributed by atoms with Crippen LogP contribution in [0, 0.1) is 0 Å². The molecule has 0 N–H and O–H groups in total. The van der Waals surface area contributed by atoms with Crippen molar-refractivity contribution in [3.05, 3.63) is 200 Å². The maximum atomic E-state index is 6.47. The lowest BCUT2D eigenvalue weighted by Gasteiger charge is -2.30. The summed E-state index contributed by atoms with van der Waals surface area (Å²) >= 11 is 1.86. The van der Waals surface area contributed by atoms with Crippen LogP contribution < -0.4 is 4.90 Å². The van der Waals surface area contributed by atoms with E-state index in [1.807, 2.05) is 23.5 Å². The second-order valence-corrected chi connectivity index (χ2v) is 15.1. The van der Waals surface area contributed by atoms with Crippen molar-refractivity contribution in [2.45, 2.75) is 0 Å². The molecule has 2 heterocycles. The number of hydrogen-bond donors (Lipinski definition) is 0. The van der Waals surface area contributed by atoms with E-state index in [0.717, 1.165) is 50.1 Å². The summed E-state index contributed by atoms with van der Waals surface area (Å²) in [6.07, 6.45) is 0. The Bertz CT molecular complexity index is 3220. The van der Waals surface area contributed by atoms with E-state index in [0.29, 0.717) is 0 Å². The van der Waals surface area contributed by atoms with Crippen LogP contribution in [-0.2, 0) is 0 Å². The largest absolute Gasteiger partial charge is 0.455 e. The van der Waals surface area contributed by atoms with Gasteiger partial charge in [-0.1, -0.05) is 158 Å². The van der Waals surface area contributed by atoms with Gasteiger partial charge >= 0.3 is 0 Å².